The predicted molar refractivity (Wildman–Crippen MR) is 54.3 cm³/mol. The van der Waals surface area contributed by atoms with Gasteiger partial charge in [0.2, 0.25) is 0 Å². The Hall–Kier alpha value is -1.13. The van der Waals surface area contributed by atoms with E-state index in [0.717, 1.165) is 5.56 Å². The first-order chi connectivity index (χ1) is 7.15. The van der Waals surface area contributed by atoms with Crippen molar-refractivity contribution >= 4 is 0 Å². The van der Waals surface area contributed by atoms with E-state index in [0.29, 0.717) is 19.8 Å². The summed E-state index contributed by atoms with van der Waals surface area (Å²) in [6.45, 7) is 3.16. The maximum atomic E-state index is 13.5. The molecule has 15 heavy (non-hydrogen) atoms. The van der Waals surface area contributed by atoms with Crippen LogP contribution in [-0.2, 0) is 10.3 Å². The van der Waals surface area contributed by atoms with Crippen LogP contribution in [0.15, 0.2) is 18.2 Å². The normalized spacial score (nSPS) is 18.3. The average molecular weight is 211 g/mol. The fourth-order valence-electron chi connectivity index (χ4n) is 1.57. The molecule has 2 N–H and O–H groups in total. The van der Waals surface area contributed by atoms with Gasteiger partial charge in [0.15, 0.2) is 11.6 Å². The number of ether oxygens (including phenoxy) is 2. The van der Waals surface area contributed by atoms with Crippen LogP contribution in [0, 0.1) is 5.82 Å². The zero-order valence-corrected chi connectivity index (χ0v) is 8.63. The second-order valence-electron chi connectivity index (χ2n) is 3.73. The van der Waals surface area contributed by atoms with E-state index in [2.05, 4.69) is 0 Å². The van der Waals surface area contributed by atoms with Gasteiger partial charge in [0.25, 0.3) is 0 Å². The molecule has 1 aliphatic heterocycles. The molecule has 0 saturated carbocycles. The highest BCUT2D eigenvalue weighted by atomic mass is 19.1. The van der Waals surface area contributed by atoms with E-state index in [1.54, 1.807) is 12.1 Å². The second-order valence-corrected chi connectivity index (χ2v) is 3.73. The molecule has 4 heteroatoms. The van der Waals surface area contributed by atoms with E-state index < -0.39 is 5.54 Å². The quantitative estimate of drug-likeness (QED) is 0.822. The van der Waals surface area contributed by atoms with Gasteiger partial charge in [-0.1, -0.05) is 6.07 Å². The van der Waals surface area contributed by atoms with Crippen molar-refractivity contribution in [2.24, 2.45) is 5.73 Å². The summed E-state index contributed by atoms with van der Waals surface area (Å²) in [5, 5.41) is 0. The standard InChI is InChI=1S/C11H14FNO2/c1-2-15-10-4-3-8(5-9(10)12)11(13)6-14-7-11/h3-5H,2,6-7,13H2,1H3. The molecule has 0 bridgehead atoms. The molecule has 0 radical (unpaired) electrons. The van der Waals surface area contributed by atoms with Crippen molar-refractivity contribution in [3.8, 4) is 5.75 Å². The maximum Gasteiger partial charge on any atom is 0.165 e. The van der Waals surface area contributed by atoms with Crippen LogP contribution in [-0.4, -0.2) is 19.8 Å². The van der Waals surface area contributed by atoms with E-state index >= 15 is 0 Å². The molecular formula is C11H14FNO2. The summed E-state index contributed by atoms with van der Waals surface area (Å²) >= 11 is 0. The average Bonchev–Trinajstić information content (AvgIpc) is 2.18. The van der Waals surface area contributed by atoms with Crippen molar-refractivity contribution in [2.75, 3.05) is 19.8 Å². The molecule has 0 spiro atoms. The van der Waals surface area contributed by atoms with Gasteiger partial charge in [-0.2, -0.15) is 0 Å². The molecule has 1 fully saturated rings. The molecule has 1 aliphatic rings. The van der Waals surface area contributed by atoms with Crippen molar-refractivity contribution in [1.29, 1.82) is 0 Å². The van der Waals surface area contributed by atoms with Crippen LogP contribution in [0.1, 0.15) is 12.5 Å². The Bertz CT molecular complexity index is 364. The van der Waals surface area contributed by atoms with Gasteiger partial charge in [0.05, 0.1) is 25.4 Å². The highest BCUT2D eigenvalue weighted by Gasteiger charge is 2.36. The molecule has 0 aliphatic carbocycles. The van der Waals surface area contributed by atoms with E-state index in [1.165, 1.54) is 6.07 Å². The lowest BCUT2D eigenvalue weighted by molar-refractivity contribution is -0.0570. The summed E-state index contributed by atoms with van der Waals surface area (Å²) in [6.07, 6.45) is 0. The molecule has 82 valence electrons. The summed E-state index contributed by atoms with van der Waals surface area (Å²) in [5.41, 5.74) is 6.22. The Morgan fingerprint density at radius 2 is 2.27 bits per heavy atom. The molecular weight excluding hydrogens is 197 g/mol. The molecule has 1 heterocycles. The number of halogens is 1. The Kier molecular flexibility index (Phi) is 2.63. The minimum Gasteiger partial charge on any atom is -0.491 e. The van der Waals surface area contributed by atoms with Gasteiger partial charge in [0, 0.05) is 0 Å². The number of rotatable bonds is 3. The van der Waals surface area contributed by atoms with Crippen LogP contribution in [0.3, 0.4) is 0 Å². The minimum atomic E-state index is -0.522. The third-order valence-electron chi connectivity index (χ3n) is 2.53. The summed E-state index contributed by atoms with van der Waals surface area (Å²) in [5.74, 6) is -0.101. The first kappa shape index (κ1) is 10.4. The van der Waals surface area contributed by atoms with Gasteiger partial charge in [-0.3, -0.25) is 0 Å². The third kappa shape index (κ3) is 1.82. The van der Waals surface area contributed by atoms with E-state index in [-0.39, 0.29) is 11.6 Å². The van der Waals surface area contributed by atoms with Crippen LogP contribution in [0.2, 0.25) is 0 Å². The van der Waals surface area contributed by atoms with E-state index in [9.17, 15) is 4.39 Å². The predicted octanol–water partition coefficient (Wildman–Crippen LogP) is 1.41. The molecule has 0 unspecified atom stereocenters. The number of hydrogen-bond acceptors (Lipinski definition) is 3. The lowest BCUT2D eigenvalue weighted by Gasteiger charge is -2.38. The second kappa shape index (κ2) is 3.79. The molecule has 0 amide bonds. The molecule has 1 saturated heterocycles. The van der Waals surface area contributed by atoms with Gasteiger partial charge in [0.1, 0.15) is 0 Å². The molecule has 2 rings (SSSR count). The Morgan fingerprint density at radius 3 is 2.73 bits per heavy atom. The third-order valence-corrected chi connectivity index (χ3v) is 2.53. The zero-order valence-electron chi connectivity index (χ0n) is 8.63. The van der Waals surface area contributed by atoms with Crippen molar-refractivity contribution in [3.05, 3.63) is 29.6 Å². The first-order valence-electron chi connectivity index (χ1n) is 4.95. The molecule has 0 atom stereocenters. The summed E-state index contributed by atoms with van der Waals surface area (Å²) in [4.78, 5) is 0. The number of benzene rings is 1. The molecule has 1 aromatic carbocycles. The SMILES string of the molecule is CCOc1ccc(C2(N)COC2)cc1F. The van der Waals surface area contributed by atoms with Gasteiger partial charge in [-0.25, -0.2) is 4.39 Å². The fourth-order valence-corrected chi connectivity index (χ4v) is 1.57. The number of nitrogens with two attached hydrogens (primary N) is 1. The molecule has 3 nitrogen and oxygen atoms in total. The molecule has 0 aromatic heterocycles. The minimum absolute atomic E-state index is 0.269. The van der Waals surface area contributed by atoms with Gasteiger partial charge < -0.3 is 15.2 Å². The Labute approximate surface area is 88.0 Å². The lowest BCUT2D eigenvalue weighted by Crippen LogP contribution is -2.54. The highest BCUT2D eigenvalue weighted by Crippen LogP contribution is 2.29. The van der Waals surface area contributed by atoms with Crippen molar-refractivity contribution in [3.63, 3.8) is 0 Å². The lowest BCUT2D eigenvalue weighted by atomic mass is 9.89. The Morgan fingerprint density at radius 1 is 1.53 bits per heavy atom. The van der Waals surface area contributed by atoms with Gasteiger partial charge >= 0.3 is 0 Å². The van der Waals surface area contributed by atoms with Crippen LogP contribution >= 0.6 is 0 Å². The monoisotopic (exact) mass is 211 g/mol. The van der Waals surface area contributed by atoms with Crippen molar-refractivity contribution < 1.29 is 13.9 Å². The maximum absolute atomic E-state index is 13.5. The number of hydrogen-bond donors (Lipinski definition) is 1. The van der Waals surface area contributed by atoms with Crippen LogP contribution in [0.4, 0.5) is 4.39 Å². The van der Waals surface area contributed by atoms with Gasteiger partial charge in [-0.05, 0) is 24.6 Å². The van der Waals surface area contributed by atoms with E-state index in [4.69, 9.17) is 15.2 Å². The van der Waals surface area contributed by atoms with Crippen molar-refractivity contribution in [2.45, 2.75) is 12.5 Å². The summed E-state index contributed by atoms with van der Waals surface area (Å²) < 4.78 is 23.6. The zero-order chi connectivity index (χ0) is 10.9. The van der Waals surface area contributed by atoms with Crippen LogP contribution < -0.4 is 10.5 Å². The fraction of sp³-hybridized carbons (Fsp3) is 0.455. The highest BCUT2D eigenvalue weighted by molar-refractivity contribution is 5.34. The van der Waals surface area contributed by atoms with Crippen LogP contribution in [0.25, 0.3) is 0 Å². The van der Waals surface area contributed by atoms with Crippen LogP contribution in [0.5, 0.6) is 5.75 Å². The Balaban J connectivity index is 2.25. The van der Waals surface area contributed by atoms with Gasteiger partial charge in [-0.15, -0.1) is 0 Å². The smallest absolute Gasteiger partial charge is 0.165 e. The molecule has 1 aromatic rings. The van der Waals surface area contributed by atoms with E-state index in [1.807, 2.05) is 6.92 Å². The van der Waals surface area contributed by atoms with Crippen molar-refractivity contribution in [1.82, 2.24) is 0 Å². The summed E-state index contributed by atoms with van der Waals surface area (Å²) in [6, 6.07) is 4.82. The first-order valence-corrected chi connectivity index (χ1v) is 4.95. The largest absolute Gasteiger partial charge is 0.491 e. The summed E-state index contributed by atoms with van der Waals surface area (Å²) in [7, 11) is 0. The topological polar surface area (TPSA) is 44.5 Å².